The van der Waals surface area contributed by atoms with Gasteiger partial charge in [0.2, 0.25) is 31.0 Å². The number of piperazine rings is 1. The molecule has 10 heteroatoms. The van der Waals surface area contributed by atoms with Crippen molar-refractivity contribution in [2.75, 3.05) is 40.9 Å². The van der Waals surface area contributed by atoms with Gasteiger partial charge in [0, 0.05) is 25.6 Å². The van der Waals surface area contributed by atoms with Crippen molar-refractivity contribution in [3.05, 3.63) is 71.3 Å². The number of carbonyl (C=O) groups excluding carboxylic acids is 2. The van der Waals surface area contributed by atoms with Gasteiger partial charge in [-0.1, -0.05) is 18.2 Å². The summed E-state index contributed by atoms with van der Waals surface area (Å²) in [7, 11) is 3.17. The van der Waals surface area contributed by atoms with E-state index in [1.165, 1.54) is 0 Å². The fraction of sp³-hybridized carbons (Fsp3) is 0.355. The summed E-state index contributed by atoms with van der Waals surface area (Å²) in [5.74, 6) is 3.37. The molecule has 1 saturated heterocycles. The summed E-state index contributed by atoms with van der Waals surface area (Å²) in [5, 5.41) is 0. The van der Waals surface area contributed by atoms with Crippen LogP contribution in [0.5, 0.6) is 34.5 Å². The van der Waals surface area contributed by atoms with Gasteiger partial charge in [-0.25, -0.2) is 0 Å². The molecule has 0 aromatic heterocycles. The van der Waals surface area contributed by atoms with Gasteiger partial charge in [-0.15, -0.1) is 0 Å². The Bertz CT molecular complexity index is 1460. The van der Waals surface area contributed by atoms with E-state index in [2.05, 4.69) is 0 Å². The quantitative estimate of drug-likeness (QED) is 0.432. The molecule has 3 heterocycles. The summed E-state index contributed by atoms with van der Waals surface area (Å²) in [6.07, 6.45) is 1.01. The van der Waals surface area contributed by atoms with Crippen molar-refractivity contribution in [3.63, 3.8) is 0 Å². The van der Waals surface area contributed by atoms with Crippen LogP contribution in [0.15, 0.2) is 54.6 Å². The number of rotatable bonds is 7. The van der Waals surface area contributed by atoms with Crippen molar-refractivity contribution >= 4 is 11.8 Å². The fourth-order valence-electron chi connectivity index (χ4n) is 5.83. The summed E-state index contributed by atoms with van der Waals surface area (Å²) in [4.78, 5) is 30.7. The predicted octanol–water partition coefficient (Wildman–Crippen LogP) is 3.69. The van der Waals surface area contributed by atoms with Gasteiger partial charge in [-0.05, 0) is 60.4 Å². The molecule has 0 saturated carbocycles. The zero-order valence-electron chi connectivity index (χ0n) is 23.3. The average molecular weight is 561 g/mol. The van der Waals surface area contributed by atoms with E-state index in [1.54, 1.807) is 21.1 Å². The van der Waals surface area contributed by atoms with Crippen LogP contribution in [-0.2, 0) is 17.6 Å². The Labute approximate surface area is 238 Å². The molecule has 10 nitrogen and oxygen atoms in total. The van der Waals surface area contributed by atoms with Gasteiger partial charge in [0.15, 0.2) is 23.0 Å². The summed E-state index contributed by atoms with van der Waals surface area (Å²) >= 11 is 0. The zero-order chi connectivity index (χ0) is 28.5. The van der Waals surface area contributed by atoms with E-state index < -0.39 is 0 Å². The van der Waals surface area contributed by atoms with Gasteiger partial charge in [0.05, 0.1) is 26.3 Å². The van der Waals surface area contributed by atoms with E-state index in [1.807, 2.05) is 64.4 Å². The molecule has 0 radical (unpaired) electrons. The van der Waals surface area contributed by atoms with Crippen molar-refractivity contribution in [3.8, 4) is 34.5 Å². The average Bonchev–Trinajstić information content (AvgIpc) is 3.66. The number of hydrogen-bond acceptors (Lipinski definition) is 8. The van der Waals surface area contributed by atoms with Gasteiger partial charge in [0.25, 0.3) is 5.91 Å². The highest BCUT2D eigenvalue weighted by Crippen LogP contribution is 2.43. The molecule has 41 heavy (non-hydrogen) atoms. The van der Waals surface area contributed by atoms with Gasteiger partial charge in [-0.3, -0.25) is 9.59 Å². The fourth-order valence-corrected chi connectivity index (χ4v) is 5.83. The molecule has 1 fully saturated rings. The molecule has 0 N–H and O–H groups in total. The van der Waals surface area contributed by atoms with E-state index >= 15 is 0 Å². The lowest BCUT2D eigenvalue weighted by atomic mass is 9.94. The maximum Gasteiger partial charge on any atom is 0.254 e. The van der Waals surface area contributed by atoms with E-state index in [9.17, 15) is 9.59 Å². The summed E-state index contributed by atoms with van der Waals surface area (Å²) < 4.78 is 33.4. The number of ether oxygens (including phenoxy) is 6. The molecule has 0 aliphatic carbocycles. The first-order chi connectivity index (χ1) is 19.9. The Kier molecular flexibility index (Phi) is 7.21. The maximum atomic E-state index is 13.9. The van der Waals surface area contributed by atoms with Gasteiger partial charge < -0.3 is 38.2 Å². The third kappa shape index (κ3) is 5.17. The molecule has 3 aromatic rings. The minimum atomic E-state index is -0.278. The van der Waals surface area contributed by atoms with Crippen LogP contribution in [0.25, 0.3) is 0 Å². The Morgan fingerprint density at radius 3 is 1.78 bits per heavy atom. The van der Waals surface area contributed by atoms with Gasteiger partial charge >= 0.3 is 0 Å². The SMILES string of the molecule is COc1cc(C[C@H]2CN(C(=O)c3ccccc3)[C@@H](Cc3cc(OC)c4c(c3)OCO4)CN2C(C)=O)cc2c1OCO2. The second-order valence-corrected chi connectivity index (χ2v) is 10.3. The third-order valence-corrected chi connectivity index (χ3v) is 7.76. The number of benzene rings is 3. The first kappa shape index (κ1) is 26.6. The smallest absolute Gasteiger partial charge is 0.254 e. The summed E-state index contributed by atoms with van der Waals surface area (Å²) in [5.41, 5.74) is 2.44. The Balaban J connectivity index is 1.33. The van der Waals surface area contributed by atoms with Crippen LogP contribution in [0.4, 0.5) is 0 Å². The van der Waals surface area contributed by atoms with Crippen LogP contribution in [-0.4, -0.2) is 74.6 Å². The second-order valence-electron chi connectivity index (χ2n) is 10.3. The lowest BCUT2D eigenvalue weighted by Gasteiger charge is -2.46. The maximum absolute atomic E-state index is 13.9. The predicted molar refractivity (Wildman–Crippen MR) is 148 cm³/mol. The molecule has 0 bridgehead atoms. The highest BCUT2D eigenvalue weighted by molar-refractivity contribution is 5.94. The van der Waals surface area contributed by atoms with Crippen molar-refractivity contribution in [1.29, 1.82) is 0 Å². The lowest BCUT2D eigenvalue weighted by Crippen LogP contribution is -2.62. The molecule has 2 atom stereocenters. The second kappa shape index (κ2) is 11.1. The number of nitrogens with zero attached hydrogens (tertiary/aromatic N) is 2. The summed E-state index contributed by atoms with van der Waals surface area (Å²) in [6, 6.07) is 16.3. The van der Waals surface area contributed by atoms with Crippen LogP contribution < -0.4 is 28.4 Å². The zero-order valence-corrected chi connectivity index (χ0v) is 23.3. The molecular formula is C31H32N2O8. The molecular weight excluding hydrogens is 528 g/mol. The van der Waals surface area contributed by atoms with Crippen LogP contribution in [0.3, 0.4) is 0 Å². The first-order valence-electron chi connectivity index (χ1n) is 13.5. The number of fused-ring (bicyclic) bond motifs is 2. The van der Waals surface area contributed by atoms with Crippen molar-refractivity contribution in [2.24, 2.45) is 0 Å². The topological polar surface area (TPSA) is 96.0 Å². The lowest BCUT2D eigenvalue weighted by molar-refractivity contribution is -0.134. The van der Waals surface area contributed by atoms with Gasteiger partial charge in [0.1, 0.15) is 0 Å². The van der Waals surface area contributed by atoms with E-state index in [0.29, 0.717) is 66.0 Å². The molecule has 0 unspecified atom stereocenters. The van der Waals surface area contributed by atoms with Crippen molar-refractivity contribution in [2.45, 2.75) is 31.8 Å². The van der Waals surface area contributed by atoms with Crippen molar-refractivity contribution in [1.82, 2.24) is 9.80 Å². The number of methoxy groups -OCH3 is 2. The Morgan fingerprint density at radius 1 is 0.756 bits per heavy atom. The van der Waals surface area contributed by atoms with Crippen LogP contribution in [0.2, 0.25) is 0 Å². The van der Waals surface area contributed by atoms with E-state index in [0.717, 1.165) is 11.1 Å². The molecule has 6 rings (SSSR count). The summed E-state index contributed by atoms with van der Waals surface area (Å²) in [6.45, 7) is 2.56. The normalized spacial score (nSPS) is 18.8. The Morgan fingerprint density at radius 2 is 1.27 bits per heavy atom. The largest absolute Gasteiger partial charge is 0.493 e. The van der Waals surface area contributed by atoms with Crippen LogP contribution in [0.1, 0.15) is 28.4 Å². The van der Waals surface area contributed by atoms with E-state index in [4.69, 9.17) is 28.4 Å². The first-order valence-corrected chi connectivity index (χ1v) is 13.5. The van der Waals surface area contributed by atoms with Crippen LogP contribution >= 0.6 is 0 Å². The van der Waals surface area contributed by atoms with Gasteiger partial charge in [-0.2, -0.15) is 0 Å². The molecule has 3 aliphatic rings. The number of hydrogen-bond donors (Lipinski definition) is 0. The molecule has 3 aliphatic heterocycles. The van der Waals surface area contributed by atoms with Crippen molar-refractivity contribution < 1.29 is 38.0 Å². The highest BCUT2D eigenvalue weighted by Gasteiger charge is 2.38. The number of carbonyl (C=O) groups is 2. The minimum absolute atomic E-state index is 0.0530. The number of amides is 2. The third-order valence-electron chi connectivity index (χ3n) is 7.76. The highest BCUT2D eigenvalue weighted by atomic mass is 16.7. The standard InChI is InChI=1S/C31H32N2O8/c1-19(34)32-15-24(10-21-12-26(37-3)30-28(14-21)39-18-41-30)33(31(35)22-7-5-4-6-8-22)16-23(32)9-20-11-25(36-2)29-27(13-20)38-17-40-29/h4-8,11-14,23-24H,9-10,15-18H2,1-3H3/t23-,24-/m0/s1. The molecule has 0 spiro atoms. The monoisotopic (exact) mass is 560 g/mol. The Hall–Kier alpha value is -4.60. The molecule has 214 valence electrons. The van der Waals surface area contributed by atoms with E-state index in [-0.39, 0.29) is 37.5 Å². The molecule has 3 aromatic carbocycles. The minimum Gasteiger partial charge on any atom is -0.493 e. The van der Waals surface area contributed by atoms with Crippen LogP contribution in [0, 0.1) is 0 Å². The molecule has 2 amide bonds.